The number of allylic oxidation sites excluding steroid dienone is 8. The van der Waals surface area contributed by atoms with Crippen LogP contribution < -0.4 is 0 Å². The Morgan fingerprint density at radius 3 is 1.80 bits per heavy atom. The highest BCUT2D eigenvalue weighted by Gasteiger charge is 2.27. The second kappa shape index (κ2) is 40.4. The molecule has 0 aromatic carbocycles. The minimum atomic E-state index is -4.67. The van der Waals surface area contributed by atoms with E-state index in [0.717, 1.165) is 31.6 Å². The van der Waals surface area contributed by atoms with Crippen molar-refractivity contribution in [3.05, 3.63) is 72.9 Å². The van der Waals surface area contributed by atoms with Crippen LogP contribution in [0.3, 0.4) is 0 Å². The number of esters is 2. The number of aliphatic hydroxyl groups is 4. The van der Waals surface area contributed by atoms with E-state index in [4.69, 9.17) is 19.1 Å². The Morgan fingerprint density at radius 1 is 0.633 bits per heavy atom. The standard InChI is InChI=1S/C47H81O12P/c1-4-5-23-31-42(49)32-25-19-15-13-16-20-26-33-43(50)34-27-22-29-35-46(52)56-39-45(40-58-60(54,55)57-38-44(51)37-48)59-47(53)36-28-21-17-12-10-8-6-7-9-11-14-18-24-30-41(2)3/h5,15-16,19-20,23,25-27,32-34,41-45,48-51H,4,6-14,17-18,21-22,24,28-31,35-40H2,1-3H3,(H,54,55)/b19-15-,20-16-,23-5-,32-25+,33-26+,34-27-/t42-,43-,44+,45-/m1/s1. The molecule has 12 nitrogen and oxygen atoms in total. The molecule has 0 aliphatic heterocycles. The Labute approximate surface area is 362 Å². The topological polar surface area (TPSA) is 189 Å². The number of rotatable bonds is 40. The van der Waals surface area contributed by atoms with Crippen LogP contribution in [0.25, 0.3) is 0 Å². The van der Waals surface area contributed by atoms with Crippen LogP contribution in [0.5, 0.6) is 0 Å². The lowest BCUT2D eigenvalue weighted by atomic mass is 10.0. The summed E-state index contributed by atoms with van der Waals surface area (Å²) in [6.45, 7) is 4.29. The van der Waals surface area contributed by atoms with Crippen LogP contribution in [0, 0.1) is 5.92 Å². The maximum Gasteiger partial charge on any atom is 0.472 e. The SMILES string of the molecule is CC/C=C\C[C@@H](O)/C=C/C=C\C/C=C\C=C\[C@@H](O)/C=C\CCCC(=O)OC[C@H](COP(=O)(O)OC[C@@H](O)CO)OC(=O)CCCCCCCCCCCCCCCC(C)C. The third-order valence-corrected chi connectivity index (χ3v) is 10.2. The number of carbonyl (C=O) groups excluding carboxylic acids is 2. The first-order valence-corrected chi connectivity index (χ1v) is 24.0. The van der Waals surface area contributed by atoms with Gasteiger partial charge in [0, 0.05) is 12.8 Å². The van der Waals surface area contributed by atoms with Crippen LogP contribution in [0.4, 0.5) is 0 Å². The molecule has 0 heterocycles. The van der Waals surface area contributed by atoms with Gasteiger partial charge in [0.05, 0.1) is 32.0 Å². The van der Waals surface area contributed by atoms with Gasteiger partial charge in [-0.3, -0.25) is 18.6 Å². The monoisotopic (exact) mass is 869 g/mol. The summed E-state index contributed by atoms with van der Waals surface area (Å²) in [5.74, 6) is -0.309. The maximum absolute atomic E-state index is 12.6. The Morgan fingerprint density at radius 2 is 1.20 bits per heavy atom. The molecule has 0 rings (SSSR count). The molecule has 60 heavy (non-hydrogen) atoms. The molecule has 0 aliphatic carbocycles. The Hall–Kier alpha value is -2.67. The highest BCUT2D eigenvalue weighted by Crippen LogP contribution is 2.43. The first kappa shape index (κ1) is 57.3. The first-order valence-electron chi connectivity index (χ1n) is 22.5. The van der Waals surface area contributed by atoms with Gasteiger partial charge in [0.1, 0.15) is 12.7 Å². The van der Waals surface area contributed by atoms with E-state index in [9.17, 15) is 34.4 Å². The second-order valence-corrected chi connectivity index (χ2v) is 17.0. The average molecular weight is 869 g/mol. The molecule has 0 spiro atoms. The van der Waals surface area contributed by atoms with Gasteiger partial charge in [-0.2, -0.15) is 0 Å². The molecule has 0 aliphatic rings. The van der Waals surface area contributed by atoms with E-state index in [1.807, 2.05) is 49.5 Å². The molecule has 0 aromatic rings. The van der Waals surface area contributed by atoms with Crippen molar-refractivity contribution in [2.75, 3.05) is 26.4 Å². The predicted molar refractivity (Wildman–Crippen MR) is 240 cm³/mol. The molecule has 0 radical (unpaired) electrons. The average Bonchev–Trinajstić information content (AvgIpc) is 3.21. The van der Waals surface area contributed by atoms with Crippen molar-refractivity contribution in [2.24, 2.45) is 5.92 Å². The van der Waals surface area contributed by atoms with E-state index in [0.29, 0.717) is 32.1 Å². The van der Waals surface area contributed by atoms with Gasteiger partial charge in [0.15, 0.2) is 6.10 Å². The highest BCUT2D eigenvalue weighted by molar-refractivity contribution is 7.47. The minimum absolute atomic E-state index is 0.0529. The summed E-state index contributed by atoms with van der Waals surface area (Å²) in [5, 5.41) is 38.3. The zero-order chi connectivity index (χ0) is 44.5. The molecule has 13 heteroatoms. The van der Waals surface area contributed by atoms with Gasteiger partial charge in [-0.15, -0.1) is 0 Å². The molecular weight excluding hydrogens is 787 g/mol. The molecule has 0 bridgehead atoms. The lowest BCUT2D eigenvalue weighted by Crippen LogP contribution is -2.29. The highest BCUT2D eigenvalue weighted by atomic mass is 31.2. The van der Waals surface area contributed by atoms with E-state index < -0.39 is 70.6 Å². The molecule has 5 atom stereocenters. The molecule has 0 amide bonds. The van der Waals surface area contributed by atoms with E-state index in [-0.39, 0.29) is 12.8 Å². The van der Waals surface area contributed by atoms with Crippen molar-refractivity contribution in [3.63, 3.8) is 0 Å². The zero-order valence-corrected chi connectivity index (χ0v) is 37.9. The number of hydrogen-bond acceptors (Lipinski definition) is 11. The number of phosphoric ester groups is 1. The summed E-state index contributed by atoms with van der Waals surface area (Å²) in [6, 6.07) is 0. The third kappa shape index (κ3) is 40.7. The minimum Gasteiger partial charge on any atom is -0.462 e. The fourth-order valence-corrected chi connectivity index (χ4v) is 6.53. The molecule has 0 saturated heterocycles. The van der Waals surface area contributed by atoms with Crippen LogP contribution in [-0.2, 0) is 32.7 Å². The van der Waals surface area contributed by atoms with Crippen molar-refractivity contribution < 1.29 is 58.0 Å². The molecule has 1 unspecified atom stereocenters. The third-order valence-electron chi connectivity index (χ3n) is 9.23. The van der Waals surface area contributed by atoms with Gasteiger partial charge in [-0.25, -0.2) is 4.57 Å². The van der Waals surface area contributed by atoms with E-state index >= 15 is 0 Å². The first-order chi connectivity index (χ1) is 28.9. The predicted octanol–water partition coefficient (Wildman–Crippen LogP) is 9.86. The summed E-state index contributed by atoms with van der Waals surface area (Å²) in [7, 11) is -4.67. The molecule has 346 valence electrons. The van der Waals surface area contributed by atoms with Crippen LogP contribution in [0.2, 0.25) is 0 Å². The van der Waals surface area contributed by atoms with Gasteiger partial charge < -0.3 is 34.8 Å². The Balaban J connectivity index is 4.52. The van der Waals surface area contributed by atoms with Crippen molar-refractivity contribution in [2.45, 2.75) is 180 Å². The van der Waals surface area contributed by atoms with Gasteiger partial charge in [-0.05, 0) is 44.4 Å². The quantitative estimate of drug-likeness (QED) is 0.0129. The number of aliphatic hydroxyl groups excluding tert-OH is 4. The fraction of sp³-hybridized carbons (Fsp3) is 0.702. The van der Waals surface area contributed by atoms with E-state index in [1.165, 1.54) is 64.2 Å². The van der Waals surface area contributed by atoms with Crippen molar-refractivity contribution >= 4 is 19.8 Å². The summed E-state index contributed by atoms with van der Waals surface area (Å²) < 4.78 is 32.6. The maximum atomic E-state index is 12.6. The molecule has 0 saturated carbocycles. The van der Waals surface area contributed by atoms with Crippen LogP contribution in [0.1, 0.15) is 156 Å². The van der Waals surface area contributed by atoms with Crippen LogP contribution >= 0.6 is 7.82 Å². The van der Waals surface area contributed by atoms with Gasteiger partial charge >= 0.3 is 19.8 Å². The number of carbonyl (C=O) groups is 2. The number of unbranched alkanes of at least 4 members (excludes halogenated alkanes) is 13. The lowest BCUT2D eigenvalue weighted by Gasteiger charge is -2.20. The molecular formula is C47H81O12P. The zero-order valence-electron chi connectivity index (χ0n) is 37.0. The molecule has 5 N–H and O–H groups in total. The van der Waals surface area contributed by atoms with E-state index in [1.54, 1.807) is 30.4 Å². The van der Waals surface area contributed by atoms with Crippen molar-refractivity contribution in [1.29, 1.82) is 0 Å². The smallest absolute Gasteiger partial charge is 0.462 e. The largest absolute Gasteiger partial charge is 0.472 e. The van der Waals surface area contributed by atoms with Gasteiger partial charge in [0.2, 0.25) is 0 Å². The van der Waals surface area contributed by atoms with Crippen molar-refractivity contribution in [1.82, 2.24) is 0 Å². The second-order valence-electron chi connectivity index (χ2n) is 15.6. The van der Waals surface area contributed by atoms with Crippen LogP contribution in [0.15, 0.2) is 72.9 Å². The number of ether oxygens (including phenoxy) is 2. The summed E-state index contributed by atoms with van der Waals surface area (Å²) >= 11 is 0. The van der Waals surface area contributed by atoms with Crippen LogP contribution in [-0.4, -0.2) is 88.1 Å². The van der Waals surface area contributed by atoms with Gasteiger partial charge in [-0.1, -0.05) is 177 Å². The number of hydrogen-bond donors (Lipinski definition) is 5. The molecule has 0 aromatic heterocycles. The van der Waals surface area contributed by atoms with Crippen molar-refractivity contribution in [3.8, 4) is 0 Å². The normalized spacial score (nSPS) is 15.6. The Bertz CT molecular complexity index is 1270. The lowest BCUT2D eigenvalue weighted by molar-refractivity contribution is -0.161. The summed E-state index contributed by atoms with van der Waals surface area (Å²) in [4.78, 5) is 35.0. The summed E-state index contributed by atoms with van der Waals surface area (Å²) in [6.07, 6.45) is 38.0. The molecule has 0 fully saturated rings. The Kier molecular flexibility index (Phi) is 38.6. The fourth-order valence-electron chi connectivity index (χ4n) is 5.74. The summed E-state index contributed by atoms with van der Waals surface area (Å²) in [5.41, 5.74) is 0. The van der Waals surface area contributed by atoms with Gasteiger partial charge in [0.25, 0.3) is 0 Å². The number of phosphoric acid groups is 1. The van der Waals surface area contributed by atoms with E-state index in [2.05, 4.69) is 18.4 Å².